The first-order valence-corrected chi connectivity index (χ1v) is 11.8. The van der Waals surface area contributed by atoms with Crippen LogP contribution in [0.3, 0.4) is 0 Å². The van der Waals surface area contributed by atoms with Crippen LogP contribution < -0.4 is 14.2 Å². The standard InChI is InChI=1S/C26H30FN3O4/c1-32-22-10-8-19(23(33-2)24(22)34-3)26(31)29-13-11-18(12-14-29)30-21-9-7-17(27)15-20(21)28-25(30)16-5-4-6-16/h7-10,15-16,18H,4-6,11-14H2,1-3H3. The van der Waals surface area contributed by atoms with Gasteiger partial charge in [0.2, 0.25) is 5.75 Å². The Hall–Kier alpha value is -3.29. The molecule has 0 atom stereocenters. The number of fused-ring (bicyclic) bond motifs is 1. The van der Waals surface area contributed by atoms with Gasteiger partial charge in [0.15, 0.2) is 11.5 Å². The first-order chi connectivity index (χ1) is 16.5. The van der Waals surface area contributed by atoms with E-state index in [-0.39, 0.29) is 17.8 Å². The molecule has 8 heteroatoms. The first kappa shape index (κ1) is 22.5. The number of amides is 1. The third kappa shape index (κ3) is 3.75. The molecular formula is C26H30FN3O4. The van der Waals surface area contributed by atoms with Crippen LogP contribution in [0, 0.1) is 5.82 Å². The molecule has 3 aromatic rings. The van der Waals surface area contributed by atoms with Gasteiger partial charge in [-0.25, -0.2) is 9.37 Å². The number of imidazole rings is 1. The summed E-state index contributed by atoms with van der Waals surface area (Å²) in [5, 5.41) is 0. The van der Waals surface area contributed by atoms with E-state index in [2.05, 4.69) is 4.57 Å². The van der Waals surface area contributed by atoms with Gasteiger partial charge in [0.25, 0.3) is 5.91 Å². The van der Waals surface area contributed by atoms with Gasteiger partial charge in [0.05, 0.1) is 37.9 Å². The minimum Gasteiger partial charge on any atom is -0.493 e. The summed E-state index contributed by atoms with van der Waals surface area (Å²) in [7, 11) is 4.60. The van der Waals surface area contributed by atoms with E-state index in [0.717, 1.165) is 42.5 Å². The van der Waals surface area contributed by atoms with Gasteiger partial charge >= 0.3 is 0 Å². The number of halogens is 1. The molecule has 180 valence electrons. The fourth-order valence-corrected chi connectivity index (χ4v) is 5.20. The van der Waals surface area contributed by atoms with Crippen molar-refractivity contribution in [1.82, 2.24) is 14.5 Å². The summed E-state index contributed by atoms with van der Waals surface area (Å²) in [6.45, 7) is 1.23. The Bertz CT molecular complexity index is 1210. The maximum Gasteiger partial charge on any atom is 0.257 e. The molecule has 2 heterocycles. The average molecular weight is 468 g/mol. The number of rotatable bonds is 6. The zero-order valence-corrected chi connectivity index (χ0v) is 19.8. The van der Waals surface area contributed by atoms with Crippen molar-refractivity contribution in [2.24, 2.45) is 0 Å². The number of ether oxygens (including phenoxy) is 3. The summed E-state index contributed by atoms with van der Waals surface area (Å²) < 4.78 is 32.5. The van der Waals surface area contributed by atoms with Crippen LogP contribution in [0.1, 0.15) is 60.2 Å². The van der Waals surface area contributed by atoms with Gasteiger partial charge < -0.3 is 23.7 Å². The number of nitrogens with zero attached hydrogens (tertiary/aromatic N) is 3. The molecule has 7 nitrogen and oxygen atoms in total. The first-order valence-electron chi connectivity index (χ1n) is 11.8. The largest absolute Gasteiger partial charge is 0.493 e. The van der Waals surface area contributed by atoms with Crippen LogP contribution in [-0.4, -0.2) is 54.8 Å². The summed E-state index contributed by atoms with van der Waals surface area (Å²) >= 11 is 0. The van der Waals surface area contributed by atoms with E-state index in [1.54, 1.807) is 19.2 Å². The minimum atomic E-state index is -0.262. The second kappa shape index (κ2) is 9.16. The number of hydrogen-bond donors (Lipinski definition) is 0. The Labute approximate surface area is 198 Å². The van der Waals surface area contributed by atoms with Crippen molar-refractivity contribution in [1.29, 1.82) is 0 Å². The van der Waals surface area contributed by atoms with Crippen molar-refractivity contribution < 1.29 is 23.4 Å². The lowest BCUT2D eigenvalue weighted by Gasteiger charge is -2.35. The van der Waals surface area contributed by atoms with Gasteiger partial charge in [-0.15, -0.1) is 0 Å². The molecule has 0 N–H and O–H groups in total. The number of hydrogen-bond acceptors (Lipinski definition) is 5. The number of carbonyl (C=O) groups is 1. The zero-order chi connectivity index (χ0) is 23.8. The normalized spacial score (nSPS) is 17.0. The van der Waals surface area contributed by atoms with E-state index < -0.39 is 0 Å². The Balaban J connectivity index is 1.39. The Kier molecular flexibility index (Phi) is 6.06. The molecule has 0 unspecified atom stereocenters. The van der Waals surface area contributed by atoms with E-state index in [1.807, 2.05) is 11.0 Å². The van der Waals surface area contributed by atoms with Crippen molar-refractivity contribution in [2.45, 2.75) is 44.1 Å². The van der Waals surface area contributed by atoms with Crippen LogP contribution in [0.4, 0.5) is 4.39 Å². The third-order valence-corrected chi connectivity index (χ3v) is 7.20. The van der Waals surface area contributed by atoms with E-state index in [1.165, 1.54) is 32.8 Å². The summed E-state index contributed by atoms with van der Waals surface area (Å²) in [4.78, 5) is 20.1. The van der Waals surface area contributed by atoms with Gasteiger partial charge in [-0.05, 0) is 49.9 Å². The number of methoxy groups -OCH3 is 3. The van der Waals surface area contributed by atoms with Crippen LogP contribution in [-0.2, 0) is 0 Å². The third-order valence-electron chi connectivity index (χ3n) is 7.20. The van der Waals surface area contributed by atoms with Gasteiger partial charge in [0.1, 0.15) is 11.6 Å². The molecule has 0 bridgehead atoms. The van der Waals surface area contributed by atoms with E-state index in [4.69, 9.17) is 19.2 Å². The van der Waals surface area contributed by atoms with Crippen LogP contribution in [0.15, 0.2) is 30.3 Å². The maximum atomic E-state index is 13.9. The fourth-order valence-electron chi connectivity index (χ4n) is 5.20. The molecule has 2 fully saturated rings. The predicted octanol–water partition coefficient (Wildman–Crippen LogP) is 4.95. The second-order valence-corrected chi connectivity index (χ2v) is 9.01. The smallest absolute Gasteiger partial charge is 0.257 e. The molecule has 1 aromatic heterocycles. The number of likely N-dealkylation sites (tertiary alicyclic amines) is 1. The number of aromatic nitrogens is 2. The molecule has 2 aliphatic rings. The van der Waals surface area contributed by atoms with Crippen molar-refractivity contribution >= 4 is 16.9 Å². The molecule has 5 rings (SSSR count). The van der Waals surface area contributed by atoms with Crippen LogP contribution >= 0.6 is 0 Å². The van der Waals surface area contributed by atoms with E-state index in [0.29, 0.717) is 41.8 Å². The van der Waals surface area contributed by atoms with Crippen LogP contribution in [0.2, 0.25) is 0 Å². The Morgan fingerprint density at radius 1 is 0.971 bits per heavy atom. The van der Waals surface area contributed by atoms with E-state index >= 15 is 0 Å². The maximum absolute atomic E-state index is 13.9. The van der Waals surface area contributed by atoms with Gasteiger partial charge in [-0.3, -0.25) is 4.79 Å². The van der Waals surface area contributed by atoms with Crippen LogP contribution in [0.5, 0.6) is 17.2 Å². The molecule has 34 heavy (non-hydrogen) atoms. The minimum absolute atomic E-state index is 0.0898. The number of carbonyl (C=O) groups excluding carboxylic acids is 1. The van der Waals surface area contributed by atoms with Gasteiger partial charge in [-0.1, -0.05) is 6.42 Å². The molecule has 1 saturated carbocycles. The topological polar surface area (TPSA) is 65.8 Å². The number of benzene rings is 2. The summed E-state index contributed by atoms with van der Waals surface area (Å²) in [5.74, 6) is 2.46. The molecule has 1 saturated heterocycles. The molecule has 2 aromatic carbocycles. The quantitative estimate of drug-likeness (QED) is 0.513. The second-order valence-electron chi connectivity index (χ2n) is 9.01. The zero-order valence-electron chi connectivity index (χ0n) is 19.8. The lowest BCUT2D eigenvalue weighted by Crippen LogP contribution is -2.39. The number of piperidine rings is 1. The lowest BCUT2D eigenvalue weighted by molar-refractivity contribution is 0.0690. The SMILES string of the molecule is COc1ccc(C(=O)N2CCC(n3c(C4CCC4)nc4cc(F)ccc43)CC2)c(OC)c1OC. The van der Waals surface area contributed by atoms with Crippen molar-refractivity contribution in [3.05, 3.63) is 47.5 Å². The van der Waals surface area contributed by atoms with Gasteiger partial charge in [-0.2, -0.15) is 0 Å². The molecule has 1 aliphatic heterocycles. The fraction of sp³-hybridized carbons (Fsp3) is 0.462. The molecule has 1 aliphatic carbocycles. The molecule has 0 radical (unpaired) electrons. The van der Waals surface area contributed by atoms with E-state index in [9.17, 15) is 9.18 Å². The summed E-state index contributed by atoms with van der Waals surface area (Å²) in [6, 6.07) is 8.54. The highest BCUT2D eigenvalue weighted by molar-refractivity contribution is 5.98. The predicted molar refractivity (Wildman–Crippen MR) is 127 cm³/mol. The monoisotopic (exact) mass is 467 g/mol. The highest BCUT2D eigenvalue weighted by Crippen LogP contribution is 2.42. The summed E-state index contributed by atoms with van der Waals surface area (Å²) in [6.07, 6.45) is 5.08. The Morgan fingerprint density at radius 2 is 1.71 bits per heavy atom. The van der Waals surface area contributed by atoms with Crippen molar-refractivity contribution in [2.75, 3.05) is 34.4 Å². The van der Waals surface area contributed by atoms with Crippen LogP contribution in [0.25, 0.3) is 11.0 Å². The highest BCUT2D eigenvalue weighted by Gasteiger charge is 2.33. The van der Waals surface area contributed by atoms with Crippen molar-refractivity contribution in [3.63, 3.8) is 0 Å². The Morgan fingerprint density at radius 3 is 2.32 bits per heavy atom. The van der Waals surface area contributed by atoms with Gasteiger partial charge in [0, 0.05) is 31.1 Å². The highest BCUT2D eigenvalue weighted by atomic mass is 19.1. The molecular weight excluding hydrogens is 437 g/mol. The molecule has 0 spiro atoms. The lowest BCUT2D eigenvalue weighted by atomic mass is 9.84. The average Bonchev–Trinajstić information content (AvgIpc) is 3.18. The summed E-state index contributed by atoms with van der Waals surface area (Å²) in [5.41, 5.74) is 2.16. The molecule has 1 amide bonds. The van der Waals surface area contributed by atoms with Crippen molar-refractivity contribution in [3.8, 4) is 17.2 Å².